The molecular weight excluding hydrogens is 404 g/mol. The van der Waals surface area contributed by atoms with E-state index in [1.165, 1.54) is 5.56 Å². The molecule has 0 radical (unpaired) electrons. The highest BCUT2D eigenvalue weighted by molar-refractivity contribution is 5.27. The molecule has 170 valence electrons. The Kier molecular flexibility index (Phi) is 7.44. The lowest BCUT2D eigenvalue weighted by atomic mass is 9.99. The number of pyridine rings is 1. The van der Waals surface area contributed by atoms with Crippen molar-refractivity contribution in [1.82, 2.24) is 30.1 Å². The van der Waals surface area contributed by atoms with Crippen LogP contribution in [0.1, 0.15) is 49.7 Å². The Hall–Kier alpha value is -2.84. The smallest absolute Gasteiger partial charge is 0.169 e. The van der Waals surface area contributed by atoms with Gasteiger partial charge in [0.05, 0.1) is 25.8 Å². The van der Waals surface area contributed by atoms with Crippen molar-refractivity contribution in [3.63, 3.8) is 0 Å². The number of aromatic nitrogens is 5. The van der Waals surface area contributed by atoms with Crippen LogP contribution in [0.5, 0.6) is 5.75 Å². The van der Waals surface area contributed by atoms with E-state index in [1.807, 2.05) is 35.3 Å². The van der Waals surface area contributed by atoms with Crippen molar-refractivity contribution in [2.45, 2.75) is 51.9 Å². The van der Waals surface area contributed by atoms with Crippen LogP contribution < -0.4 is 4.74 Å². The van der Waals surface area contributed by atoms with Crippen LogP contribution in [-0.2, 0) is 17.8 Å². The minimum absolute atomic E-state index is 0.0488. The van der Waals surface area contributed by atoms with Gasteiger partial charge in [0, 0.05) is 32.1 Å². The van der Waals surface area contributed by atoms with Gasteiger partial charge in [0.1, 0.15) is 5.75 Å². The van der Waals surface area contributed by atoms with E-state index in [9.17, 15) is 0 Å². The fraction of sp³-hybridized carbons (Fsp3) is 0.500. The predicted octanol–water partition coefficient (Wildman–Crippen LogP) is 3.50. The van der Waals surface area contributed by atoms with E-state index in [0.717, 1.165) is 49.7 Å². The summed E-state index contributed by atoms with van der Waals surface area (Å²) in [5, 5.41) is 12.9. The minimum atomic E-state index is 0.0488. The second-order valence-electron chi connectivity index (χ2n) is 8.66. The molecule has 0 bridgehead atoms. The molecule has 1 saturated heterocycles. The number of hydrogen-bond acceptors (Lipinski definition) is 7. The first-order valence-corrected chi connectivity index (χ1v) is 11.3. The fourth-order valence-electron chi connectivity index (χ4n) is 4.38. The third kappa shape index (κ3) is 5.49. The van der Waals surface area contributed by atoms with Crippen molar-refractivity contribution in [3.8, 4) is 5.75 Å². The number of rotatable bonds is 10. The first-order valence-electron chi connectivity index (χ1n) is 11.3. The molecule has 32 heavy (non-hydrogen) atoms. The molecule has 0 saturated carbocycles. The van der Waals surface area contributed by atoms with Gasteiger partial charge in [0.25, 0.3) is 0 Å². The van der Waals surface area contributed by atoms with E-state index < -0.39 is 0 Å². The van der Waals surface area contributed by atoms with Gasteiger partial charge in [-0.05, 0) is 58.5 Å². The molecule has 8 heteroatoms. The first kappa shape index (κ1) is 22.4. The zero-order chi connectivity index (χ0) is 22.3. The highest BCUT2D eigenvalue weighted by Gasteiger charge is 2.32. The number of hydrogen-bond donors (Lipinski definition) is 0. The molecule has 1 aliphatic rings. The van der Waals surface area contributed by atoms with Crippen LogP contribution in [0.4, 0.5) is 0 Å². The van der Waals surface area contributed by atoms with Gasteiger partial charge in [0.15, 0.2) is 5.82 Å². The molecule has 1 fully saturated rings. The lowest BCUT2D eigenvalue weighted by Gasteiger charge is -2.35. The molecule has 0 aliphatic carbocycles. The van der Waals surface area contributed by atoms with E-state index in [0.29, 0.717) is 12.5 Å². The number of benzene rings is 1. The number of nitrogens with zero attached hydrogens (tertiary/aromatic N) is 6. The quantitative estimate of drug-likeness (QED) is 0.481. The van der Waals surface area contributed by atoms with Crippen molar-refractivity contribution in [2.75, 3.05) is 20.3 Å². The summed E-state index contributed by atoms with van der Waals surface area (Å²) in [6.45, 7) is 7.51. The maximum absolute atomic E-state index is 5.99. The van der Waals surface area contributed by atoms with E-state index in [4.69, 9.17) is 9.47 Å². The average Bonchev–Trinajstić information content (AvgIpc) is 3.47. The van der Waals surface area contributed by atoms with Crippen molar-refractivity contribution < 1.29 is 9.47 Å². The summed E-state index contributed by atoms with van der Waals surface area (Å²) >= 11 is 0. The summed E-state index contributed by atoms with van der Waals surface area (Å²) in [6, 6.07) is 12.2. The number of tetrazole rings is 1. The van der Waals surface area contributed by atoms with Crippen LogP contribution in [-0.4, -0.2) is 56.5 Å². The van der Waals surface area contributed by atoms with Crippen molar-refractivity contribution in [1.29, 1.82) is 0 Å². The topological polar surface area (TPSA) is 78.2 Å². The molecule has 2 unspecified atom stereocenters. The van der Waals surface area contributed by atoms with Crippen LogP contribution in [0, 0.1) is 5.92 Å². The summed E-state index contributed by atoms with van der Waals surface area (Å²) < 4.78 is 13.2. The highest BCUT2D eigenvalue weighted by Crippen LogP contribution is 2.30. The average molecular weight is 437 g/mol. The van der Waals surface area contributed by atoms with Gasteiger partial charge in [-0.1, -0.05) is 32.0 Å². The van der Waals surface area contributed by atoms with E-state index in [-0.39, 0.29) is 12.1 Å². The Balaban J connectivity index is 1.61. The molecule has 0 amide bonds. The number of methoxy groups -OCH3 is 1. The summed E-state index contributed by atoms with van der Waals surface area (Å²) in [7, 11) is 1.67. The van der Waals surface area contributed by atoms with Gasteiger partial charge in [0.2, 0.25) is 0 Å². The molecule has 0 N–H and O–H groups in total. The predicted molar refractivity (Wildman–Crippen MR) is 121 cm³/mol. The van der Waals surface area contributed by atoms with Gasteiger partial charge in [-0.3, -0.25) is 9.88 Å². The van der Waals surface area contributed by atoms with E-state index >= 15 is 0 Å². The zero-order valence-electron chi connectivity index (χ0n) is 19.1. The summed E-state index contributed by atoms with van der Waals surface area (Å²) in [6.07, 6.45) is 6.18. The Morgan fingerprint density at radius 2 is 2.03 bits per heavy atom. The van der Waals surface area contributed by atoms with Gasteiger partial charge in [-0.2, -0.15) is 0 Å². The van der Waals surface area contributed by atoms with E-state index in [1.54, 1.807) is 7.11 Å². The molecule has 0 spiro atoms. The maximum Gasteiger partial charge on any atom is 0.169 e. The lowest BCUT2D eigenvalue weighted by Crippen LogP contribution is -2.39. The molecule has 3 aromatic rings. The molecule has 2 atom stereocenters. The first-order chi connectivity index (χ1) is 15.6. The van der Waals surface area contributed by atoms with Crippen molar-refractivity contribution in [3.05, 3.63) is 65.7 Å². The zero-order valence-corrected chi connectivity index (χ0v) is 19.1. The molecule has 8 nitrogen and oxygen atoms in total. The second-order valence-corrected chi connectivity index (χ2v) is 8.66. The summed E-state index contributed by atoms with van der Waals surface area (Å²) in [5.41, 5.74) is 2.30. The van der Waals surface area contributed by atoms with Crippen LogP contribution in [0.2, 0.25) is 0 Å². The van der Waals surface area contributed by atoms with Gasteiger partial charge in [-0.25, -0.2) is 4.68 Å². The largest absolute Gasteiger partial charge is 0.497 e. The second kappa shape index (κ2) is 10.7. The maximum atomic E-state index is 5.99. The molecular formula is C24H32N6O2. The van der Waals surface area contributed by atoms with Gasteiger partial charge in [-0.15, -0.1) is 5.10 Å². The molecule has 3 heterocycles. The molecule has 1 aliphatic heterocycles. The van der Waals surface area contributed by atoms with Gasteiger partial charge >= 0.3 is 0 Å². The number of ether oxygens (including phenoxy) is 2. The monoisotopic (exact) mass is 436 g/mol. The molecule has 1 aromatic carbocycles. The van der Waals surface area contributed by atoms with Crippen LogP contribution in [0.3, 0.4) is 0 Å². The fourth-order valence-corrected chi connectivity index (χ4v) is 4.38. The molecule has 2 aromatic heterocycles. The van der Waals surface area contributed by atoms with Crippen LogP contribution in [0.15, 0.2) is 48.8 Å². The van der Waals surface area contributed by atoms with Crippen LogP contribution in [0.25, 0.3) is 0 Å². The van der Waals surface area contributed by atoms with Crippen LogP contribution >= 0.6 is 0 Å². The summed E-state index contributed by atoms with van der Waals surface area (Å²) in [5.74, 6) is 2.02. The Bertz CT molecular complexity index is 954. The van der Waals surface area contributed by atoms with E-state index in [2.05, 4.69) is 57.5 Å². The van der Waals surface area contributed by atoms with Crippen molar-refractivity contribution in [2.24, 2.45) is 5.92 Å². The van der Waals surface area contributed by atoms with Crippen molar-refractivity contribution >= 4 is 0 Å². The summed E-state index contributed by atoms with van der Waals surface area (Å²) in [4.78, 5) is 6.76. The Labute approximate surface area is 189 Å². The lowest BCUT2D eigenvalue weighted by molar-refractivity contribution is 0.0386. The normalized spacial score (nSPS) is 17.2. The Morgan fingerprint density at radius 1 is 1.19 bits per heavy atom. The SMILES string of the molecule is COc1ccc(Cn2nnnc2C(C(C)C)N(Cc2cccnc2)CC2CCCO2)cc1. The standard InChI is InChI=1S/C24H32N6O2/c1-18(2)23(24-26-27-28-30(24)16-19-8-10-21(31-3)11-9-19)29(17-22-7-5-13-32-22)15-20-6-4-12-25-14-20/h4,6,8-12,14,18,22-23H,5,7,13,15-17H2,1-3H3. The third-order valence-electron chi connectivity index (χ3n) is 5.91. The Morgan fingerprint density at radius 3 is 2.69 bits per heavy atom. The minimum Gasteiger partial charge on any atom is -0.497 e. The third-order valence-corrected chi connectivity index (χ3v) is 5.91. The molecule has 4 rings (SSSR count). The highest BCUT2D eigenvalue weighted by atomic mass is 16.5. The van der Waals surface area contributed by atoms with Gasteiger partial charge < -0.3 is 9.47 Å².